The first-order chi connectivity index (χ1) is 10.3. The van der Waals surface area contributed by atoms with Crippen molar-refractivity contribution in [3.05, 3.63) is 34.9 Å². The van der Waals surface area contributed by atoms with E-state index in [9.17, 15) is 14.7 Å². The molecule has 0 saturated carbocycles. The minimum Gasteiger partial charge on any atom is -0.478 e. The van der Waals surface area contributed by atoms with Crippen molar-refractivity contribution in [2.45, 2.75) is 51.7 Å². The van der Waals surface area contributed by atoms with Gasteiger partial charge in [-0.3, -0.25) is 0 Å². The fourth-order valence-corrected chi connectivity index (χ4v) is 2.60. The number of hydrogen-bond acceptors (Lipinski definition) is 4. The molecular weight excluding hydrogens is 282 g/mol. The van der Waals surface area contributed by atoms with Gasteiger partial charge in [0.15, 0.2) is 0 Å². The van der Waals surface area contributed by atoms with E-state index in [1.807, 2.05) is 0 Å². The zero-order valence-electron chi connectivity index (χ0n) is 13.3. The molecule has 0 aromatic heterocycles. The smallest absolute Gasteiger partial charge is 0.339 e. The van der Waals surface area contributed by atoms with Gasteiger partial charge in [-0.25, -0.2) is 9.59 Å². The topological polar surface area (TPSA) is 75.6 Å². The van der Waals surface area contributed by atoms with Crippen LogP contribution in [-0.2, 0) is 4.74 Å². The number of carboxylic acid groups (broad SMARTS) is 1. The molecular formula is C17H23NO4. The quantitative estimate of drug-likeness (QED) is 0.839. The molecule has 0 bridgehead atoms. The van der Waals surface area contributed by atoms with Crippen LogP contribution in [0.25, 0.3) is 0 Å². The summed E-state index contributed by atoms with van der Waals surface area (Å²) in [7, 11) is 0. The summed E-state index contributed by atoms with van der Waals surface area (Å²) < 4.78 is 5.33. The van der Waals surface area contributed by atoms with Crippen LogP contribution in [0.1, 0.15) is 72.4 Å². The number of esters is 1. The fraction of sp³-hybridized carbons (Fsp3) is 0.529. The molecule has 1 aromatic rings. The standard InChI is InChI=1S/C17H23NO4/c1-17(2,3)22-16(21)13-10-11(7-8-12(13)15(19)20)14-6-4-5-9-18-14/h7-8,10,14,18H,4-6,9H2,1-3H3,(H,19,20). The van der Waals surface area contributed by atoms with Gasteiger partial charge in [-0.1, -0.05) is 12.5 Å². The molecule has 0 amide bonds. The van der Waals surface area contributed by atoms with Gasteiger partial charge in [-0.05, 0) is 57.9 Å². The third-order valence-corrected chi connectivity index (χ3v) is 3.61. The molecule has 5 heteroatoms. The Morgan fingerprint density at radius 1 is 1.23 bits per heavy atom. The van der Waals surface area contributed by atoms with Crippen molar-refractivity contribution in [1.29, 1.82) is 0 Å². The minimum absolute atomic E-state index is 0.0196. The Morgan fingerprint density at radius 3 is 2.50 bits per heavy atom. The highest BCUT2D eigenvalue weighted by Gasteiger charge is 2.25. The van der Waals surface area contributed by atoms with Crippen molar-refractivity contribution >= 4 is 11.9 Å². The van der Waals surface area contributed by atoms with E-state index < -0.39 is 17.5 Å². The number of carbonyl (C=O) groups is 2. The van der Waals surface area contributed by atoms with Crippen molar-refractivity contribution < 1.29 is 19.4 Å². The second kappa shape index (κ2) is 6.48. The number of nitrogens with one attached hydrogen (secondary N) is 1. The molecule has 1 saturated heterocycles. The van der Waals surface area contributed by atoms with Crippen LogP contribution in [0.3, 0.4) is 0 Å². The number of benzene rings is 1. The summed E-state index contributed by atoms with van der Waals surface area (Å²) in [6, 6.07) is 5.09. The summed E-state index contributed by atoms with van der Waals surface area (Å²) in [5.41, 5.74) is 0.373. The molecule has 1 aliphatic rings. The fourth-order valence-electron chi connectivity index (χ4n) is 2.60. The molecule has 0 spiro atoms. The second-order valence-electron chi connectivity index (χ2n) is 6.61. The molecule has 22 heavy (non-hydrogen) atoms. The van der Waals surface area contributed by atoms with Gasteiger partial charge in [0.1, 0.15) is 5.60 Å². The first kappa shape index (κ1) is 16.5. The number of carbonyl (C=O) groups excluding carboxylic acids is 1. The maximum absolute atomic E-state index is 12.3. The maximum atomic E-state index is 12.3. The molecule has 1 unspecified atom stereocenters. The lowest BCUT2D eigenvalue weighted by molar-refractivity contribution is 0.00657. The second-order valence-corrected chi connectivity index (χ2v) is 6.61. The average Bonchev–Trinajstić information content (AvgIpc) is 2.45. The number of carboxylic acids is 1. The summed E-state index contributed by atoms with van der Waals surface area (Å²) >= 11 is 0. The molecule has 1 aromatic carbocycles. The van der Waals surface area contributed by atoms with Crippen LogP contribution in [0.5, 0.6) is 0 Å². The maximum Gasteiger partial charge on any atom is 0.339 e. The lowest BCUT2D eigenvalue weighted by Crippen LogP contribution is -2.28. The van der Waals surface area contributed by atoms with E-state index in [-0.39, 0.29) is 17.2 Å². The predicted octanol–water partition coefficient (Wildman–Crippen LogP) is 3.15. The van der Waals surface area contributed by atoms with Gasteiger partial charge in [0.25, 0.3) is 0 Å². The summed E-state index contributed by atoms with van der Waals surface area (Å²) in [5, 5.41) is 12.7. The van der Waals surface area contributed by atoms with Crippen LogP contribution in [0.15, 0.2) is 18.2 Å². The highest BCUT2D eigenvalue weighted by molar-refractivity contribution is 6.02. The number of hydrogen-bond donors (Lipinski definition) is 2. The highest BCUT2D eigenvalue weighted by Crippen LogP contribution is 2.26. The Balaban J connectivity index is 2.35. The van der Waals surface area contributed by atoms with Gasteiger partial charge in [0.2, 0.25) is 0 Å². The molecule has 0 radical (unpaired) electrons. The van der Waals surface area contributed by atoms with Crippen molar-refractivity contribution in [3.8, 4) is 0 Å². The van der Waals surface area contributed by atoms with E-state index in [2.05, 4.69) is 5.32 Å². The molecule has 1 atom stereocenters. The van der Waals surface area contributed by atoms with E-state index in [0.29, 0.717) is 0 Å². The molecule has 1 fully saturated rings. The van der Waals surface area contributed by atoms with Crippen LogP contribution in [0.4, 0.5) is 0 Å². The van der Waals surface area contributed by atoms with Crippen LogP contribution in [-0.4, -0.2) is 29.2 Å². The van der Waals surface area contributed by atoms with Crippen molar-refractivity contribution in [1.82, 2.24) is 5.32 Å². The van der Waals surface area contributed by atoms with E-state index >= 15 is 0 Å². The van der Waals surface area contributed by atoms with Crippen LogP contribution in [0.2, 0.25) is 0 Å². The van der Waals surface area contributed by atoms with Crippen LogP contribution < -0.4 is 5.32 Å². The van der Waals surface area contributed by atoms with Gasteiger partial charge < -0.3 is 15.2 Å². The largest absolute Gasteiger partial charge is 0.478 e. The number of ether oxygens (including phenoxy) is 1. The minimum atomic E-state index is -1.12. The summed E-state index contributed by atoms with van der Waals surface area (Å²) in [4.78, 5) is 23.7. The van der Waals surface area contributed by atoms with E-state index in [4.69, 9.17) is 4.74 Å². The summed E-state index contributed by atoms with van der Waals surface area (Å²) in [6.07, 6.45) is 3.25. The van der Waals surface area contributed by atoms with Crippen molar-refractivity contribution in [2.75, 3.05) is 6.54 Å². The van der Waals surface area contributed by atoms with Gasteiger partial charge in [0.05, 0.1) is 11.1 Å². The highest BCUT2D eigenvalue weighted by atomic mass is 16.6. The Labute approximate surface area is 130 Å². The third-order valence-electron chi connectivity index (χ3n) is 3.61. The lowest BCUT2D eigenvalue weighted by Gasteiger charge is -2.25. The van der Waals surface area contributed by atoms with E-state index in [1.54, 1.807) is 32.9 Å². The third kappa shape index (κ3) is 4.07. The zero-order valence-corrected chi connectivity index (χ0v) is 13.3. The number of piperidine rings is 1. The first-order valence-electron chi connectivity index (χ1n) is 7.62. The van der Waals surface area contributed by atoms with Crippen molar-refractivity contribution in [2.24, 2.45) is 0 Å². The van der Waals surface area contributed by atoms with Gasteiger partial charge >= 0.3 is 11.9 Å². The van der Waals surface area contributed by atoms with Gasteiger partial charge in [-0.2, -0.15) is 0 Å². The molecule has 0 aliphatic carbocycles. The Morgan fingerprint density at radius 2 is 1.95 bits per heavy atom. The Kier molecular flexibility index (Phi) is 4.86. The number of aromatic carboxylic acids is 1. The molecule has 2 rings (SSSR count). The van der Waals surface area contributed by atoms with Gasteiger partial charge in [-0.15, -0.1) is 0 Å². The number of rotatable bonds is 3. The van der Waals surface area contributed by atoms with Crippen molar-refractivity contribution in [3.63, 3.8) is 0 Å². The lowest BCUT2D eigenvalue weighted by atomic mass is 9.94. The summed E-state index contributed by atoms with van der Waals surface area (Å²) in [5.74, 6) is -1.72. The summed E-state index contributed by atoms with van der Waals surface area (Å²) in [6.45, 7) is 6.22. The average molecular weight is 305 g/mol. The van der Waals surface area contributed by atoms with E-state index in [0.717, 1.165) is 31.4 Å². The molecule has 5 nitrogen and oxygen atoms in total. The Hall–Kier alpha value is -1.88. The van der Waals surface area contributed by atoms with Crippen LogP contribution in [0, 0.1) is 0 Å². The molecule has 120 valence electrons. The zero-order chi connectivity index (χ0) is 16.3. The Bertz CT molecular complexity index is 569. The normalized spacial score (nSPS) is 18.8. The first-order valence-corrected chi connectivity index (χ1v) is 7.62. The van der Waals surface area contributed by atoms with Gasteiger partial charge in [0, 0.05) is 6.04 Å². The van der Waals surface area contributed by atoms with E-state index in [1.165, 1.54) is 6.07 Å². The molecule has 1 aliphatic heterocycles. The SMILES string of the molecule is CC(C)(C)OC(=O)c1cc(C2CCCCN2)ccc1C(=O)O. The predicted molar refractivity (Wildman–Crippen MR) is 83.2 cm³/mol. The molecule has 2 N–H and O–H groups in total. The monoisotopic (exact) mass is 305 g/mol. The van der Waals surface area contributed by atoms with Crippen LogP contribution >= 0.6 is 0 Å². The molecule has 1 heterocycles.